The number of ether oxygens (including phenoxy) is 1. The van der Waals surface area contributed by atoms with Crippen LogP contribution < -0.4 is 0 Å². The molecular weight excluding hydrogens is 188 g/mol. The van der Waals surface area contributed by atoms with Crippen LogP contribution in [0.5, 0.6) is 0 Å². The highest BCUT2D eigenvalue weighted by Crippen LogP contribution is 2.60. The summed E-state index contributed by atoms with van der Waals surface area (Å²) >= 11 is 0. The Morgan fingerprint density at radius 3 is 2.53 bits per heavy atom. The van der Waals surface area contributed by atoms with Crippen LogP contribution in [0, 0.1) is 17.3 Å². The van der Waals surface area contributed by atoms with Crippen molar-refractivity contribution in [1.29, 1.82) is 0 Å². The van der Waals surface area contributed by atoms with Crippen LogP contribution in [0.2, 0.25) is 0 Å². The zero-order valence-electron chi connectivity index (χ0n) is 10.5. The SMILES string of the molecule is CCCOC(=O)C1(C)C(C)C1C=C(C)C. The molecule has 0 spiro atoms. The number of carbonyl (C=O) groups is 1. The third-order valence-electron chi connectivity index (χ3n) is 3.46. The van der Waals surface area contributed by atoms with Gasteiger partial charge in [0.05, 0.1) is 12.0 Å². The largest absolute Gasteiger partial charge is 0.465 e. The van der Waals surface area contributed by atoms with Gasteiger partial charge in [-0.05, 0) is 39.0 Å². The van der Waals surface area contributed by atoms with Gasteiger partial charge in [0.25, 0.3) is 0 Å². The van der Waals surface area contributed by atoms with E-state index in [4.69, 9.17) is 4.74 Å². The molecular formula is C13H22O2. The molecule has 15 heavy (non-hydrogen) atoms. The summed E-state index contributed by atoms with van der Waals surface area (Å²) in [4.78, 5) is 11.8. The van der Waals surface area contributed by atoms with Crippen LogP contribution in [0.1, 0.15) is 41.0 Å². The Morgan fingerprint density at radius 2 is 2.07 bits per heavy atom. The van der Waals surface area contributed by atoms with Gasteiger partial charge in [0.15, 0.2) is 0 Å². The molecule has 1 aliphatic carbocycles. The molecule has 0 aromatic heterocycles. The molecule has 86 valence electrons. The van der Waals surface area contributed by atoms with E-state index in [9.17, 15) is 4.79 Å². The van der Waals surface area contributed by atoms with Crippen LogP contribution in [0.25, 0.3) is 0 Å². The number of hydrogen-bond donors (Lipinski definition) is 0. The first-order valence-electron chi connectivity index (χ1n) is 5.76. The van der Waals surface area contributed by atoms with E-state index in [1.807, 2.05) is 13.8 Å². The molecule has 2 nitrogen and oxygen atoms in total. The van der Waals surface area contributed by atoms with Gasteiger partial charge in [-0.1, -0.05) is 25.5 Å². The first-order chi connectivity index (χ1) is 6.94. The van der Waals surface area contributed by atoms with Crippen LogP contribution in [0.15, 0.2) is 11.6 Å². The molecule has 0 radical (unpaired) electrons. The predicted octanol–water partition coefficient (Wildman–Crippen LogP) is 3.18. The fraction of sp³-hybridized carbons (Fsp3) is 0.769. The second-order valence-electron chi connectivity index (χ2n) is 4.98. The van der Waals surface area contributed by atoms with E-state index in [1.54, 1.807) is 0 Å². The van der Waals surface area contributed by atoms with Crippen molar-refractivity contribution in [2.75, 3.05) is 6.61 Å². The Balaban J connectivity index is 2.62. The maximum absolute atomic E-state index is 11.8. The highest BCUT2D eigenvalue weighted by Gasteiger charge is 2.63. The van der Waals surface area contributed by atoms with Crippen molar-refractivity contribution < 1.29 is 9.53 Å². The second-order valence-corrected chi connectivity index (χ2v) is 4.98. The summed E-state index contributed by atoms with van der Waals surface area (Å²) in [6.45, 7) is 10.8. The van der Waals surface area contributed by atoms with Gasteiger partial charge >= 0.3 is 5.97 Å². The van der Waals surface area contributed by atoms with Crippen LogP contribution in [-0.2, 0) is 9.53 Å². The van der Waals surface area contributed by atoms with Gasteiger partial charge in [-0.3, -0.25) is 4.79 Å². The summed E-state index contributed by atoms with van der Waals surface area (Å²) in [5.74, 6) is 0.753. The molecule has 0 aromatic carbocycles. The summed E-state index contributed by atoms with van der Waals surface area (Å²) in [6, 6.07) is 0. The number of esters is 1. The van der Waals surface area contributed by atoms with E-state index in [0.717, 1.165) is 6.42 Å². The van der Waals surface area contributed by atoms with Gasteiger partial charge in [0.1, 0.15) is 0 Å². The second kappa shape index (κ2) is 4.38. The third-order valence-corrected chi connectivity index (χ3v) is 3.46. The summed E-state index contributed by atoms with van der Waals surface area (Å²) < 4.78 is 5.23. The molecule has 1 rings (SSSR count). The third kappa shape index (κ3) is 2.24. The van der Waals surface area contributed by atoms with Crippen LogP contribution in [-0.4, -0.2) is 12.6 Å². The predicted molar refractivity (Wildman–Crippen MR) is 61.4 cm³/mol. The smallest absolute Gasteiger partial charge is 0.312 e. The molecule has 0 N–H and O–H groups in total. The Kier molecular flexibility index (Phi) is 3.58. The molecule has 1 aliphatic rings. The summed E-state index contributed by atoms with van der Waals surface area (Å²) in [5.41, 5.74) is 1.01. The van der Waals surface area contributed by atoms with Gasteiger partial charge in [-0.15, -0.1) is 0 Å². The standard InChI is InChI=1S/C13H22O2/c1-6-7-15-12(14)13(5)10(4)11(13)8-9(2)3/h8,10-11H,6-7H2,1-5H3. The normalized spacial score (nSPS) is 33.4. The van der Waals surface area contributed by atoms with Crippen molar-refractivity contribution in [2.24, 2.45) is 17.3 Å². The molecule has 2 heteroatoms. The minimum Gasteiger partial charge on any atom is -0.465 e. The van der Waals surface area contributed by atoms with Crippen LogP contribution in [0.3, 0.4) is 0 Å². The lowest BCUT2D eigenvalue weighted by molar-refractivity contribution is -0.150. The maximum Gasteiger partial charge on any atom is 0.312 e. The average Bonchev–Trinajstić information content (AvgIpc) is 2.68. The van der Waals surface area contributed by atoms with Crippen molar-refractivity contribution in [2.45, 2.75) is 41.0 Å². The fourth-order valence-electron chi connectivity index (χ4n) is 2.12. The maximum atomic E-state index is 11.8. The minimum atomic E-state index is -0.271. The quantitative estimate of drug-likeness (QED) is 0.526. The molecule has 0 aliphatic heterocycles. The lowest BCUT2D eigenvalue weighted by Gasteiger charge is -2.10. The topological polar surface area (TPSA) is 26.3 Å². The lowest BCUT2D eigenvalue weighted by Crippen LogP contribution is -2.19. The van der Waals surface area contributed by atoms with Gasteiger partial charge in [-0.2, -0.15) is 0 Å². The average molecular weight is 210 g/mol. The number of hydrogen-bond acceptors (Lipinski definition) is 2. The first-order valence-corrected chi connectivity index (χ1v) is 5.76. The van der Waals surface area contributed by atoms with E-state index < -0.39 is 0 Å². The van der Waals surface area contributed by atoms with Crippen molar-refractivity contribution in [1.82, 2.24) is 0 Å². The minimum absolute atomic E-state index is 0.0284. The van der Waals surface area contributed by atoms with Gasteiger partial charge in [0, 0.05) is 0 Å². The molecule has 0 heterocycles. The van der Waals surface area contributed by atoms with Crippen LogP contribution in [0.4, 0.5) is 0 Å². The monoisotopic (exact) mass is 210 g/mol. The van der Waals surface area contributed by atoms with Crippen molar-refractivity contribution in [3.63, 3.8) is 0 Å². The summed E-state index contributed by atoms with van der Waals surface area (Å²) in [7, 11) is 0. The highest BCUT2D eigenvalue weighted by molar-refractivity contribution is 5.81. The van der Waals surface area contributed by atoms with E-state index >= 15 is 0 Å². The van der Waals surface area contributed by atoms with E-state index in [0.29, 0.717) is 18.4 Å². The van der Waals surface area contributed by atoms with Crippen molar-refractivity contribution in [3.05, 3.63) is 11.6 Å². The summed E-state index contributed by atoms with van der Waals surface area (Å²) in [5, 5.41) is 0. The van der Waals surface area contributed by atoms with Crippen molar-refractivity contribution in [3.8, 4) is 0 Å². The lowest BCUT2D eigenvalue weighted by atomic mass is 10.1. The van der Waals surface area contributed by atoms with Gasteiger partial charge < -0.3 is 4.74 Å². The number of carbonyl (C=O) groups excluding carboxylic acids is 1. The van der Waals surface area contributed by atoms with Gasteiger partial charge in [-0.25, -0.2) is 0 Å². The molecule has 0 amide bonds. The zero-order valence-corrected chi connectivity index (χ0v) is 10.5. The fourth-order valence-corrected chi connectivity index (χ4v) is 2.12. The molecule has 0 saturated heterocycles. The van der Waals surface area contributed by atoms with Crippen LogP contribution >= 0.6 is 0 Å². The highest BCUT2D eigenvalue weighted by atomic mass is 16.5. The van der Waals surface area contributed by atoms with Gasteiger partial charge in [0.2, 0.25) is 0 Å². The molecule has 0 bridgehead atoms. The number of rotatable bonds is 4. The zero-order chi connectivity index (χ0) is 11.6. The molecule has 3 unspecified atom stereocenters. The number of allylic oxidation sites excluding steroid dienone is 2. The molecule has 1 fully saturated rings. The Morgan fingerprint density at radius 1 is 1.47 bits per heavy atom. The van der Waals surface area contributed by atoms with Crippen molar-refractivity contribution >= 4 is 5.97 Å². The first kappa shape index (κ1) is 12.3. The Hall–Kier alpha value is -0.790. The van der Waals surface area contributed by atoms with E-state index in [2.05, 4.69) is 26.8 Å². The van der Waals surface area contributed by atoms with E-state index in [-0.39, 0.29) is 11.4 Å². The summed E-state index contributed by atoms with van der Waals surface area (Å²) in [6.07, 6.45) is 3.08. The molecule has 1 saturated carbocycles. The Labute approximate surface area is 92.7 Å². The Bertz CT molecular complexity index is 276. The molecule has 0 aromatic rings. The molecule has 3 atom stereocenters. The van der Waals surface area contributed by atoms with E-state index in [1.165, 1.54) is 5.57 Å².